The average Bonchev–Trinajstić information content (AvgIpc) is 2.93. The number of carbonyl (C=O) groups excluding carboxylic acids is 1. The van der Waals surface area contributed by atoms with Crippen molar-refractivity contribution in [2.24, 2.45) is 0 Å². The topological polar surface area (TPSA) is 103 Å². The van der Waals surface area contributed by atoms with E-state index in [1.807, 2.05) is 37.3 Å². The van der Waals surface area contributed by atoms with E-state index in [9.17, 15) is 13.2 Å². The Balaban J connectivity index is 1.28. The van der Waals surface area contributed by atoms with Gasteiger partial charge in [0.2, 0.25) is 0 Å². The highest BCUT2D eigenvalue weighted by molar-refractivity contribution is 7.92. The molecular formula is C30H30N2O6S. The number of hydrogen-bond acceptors (Lipinski definition) is 6. The van der Waals surface area contributed by atoms with Crippen LogP contribution in [0.4, 0.5) is 11.4 Å². The van der Waals surface area contributed by atoms with E-state index in [4.69, 9.17) is 14.2 Å². The van der Waals surface area contributed by atoms with Gasteiger partial charge in [-0.1, -0.05) is 30.3 Å². The standard InChI is InChI=1S/C30H30N2O6S/c1-3-36-26-15-11-25(12-16-26)32-39(34,35)28-17-18-29(22(2)19-28)38-21-30(33)31-24-9-13-27(14-10-24)37-20-23-7-5-4-6-8-23/h4-19,32H,3,20-21H2,1-2H3,(H,31,33). The molecule has 0 heterocycles. The minimum absolute atomic E-state index is 0.0836. The highest BCUT2D eigenvalue weighted by atomic mass is 32.2. The predicted octanol–water partition coefficient (Wildman–Crippen LogP) is 5.79. The molecule has 4 rings (SSSR count). The number of carbonyl (C=O) groups is 1. The van der Waals surface area contributed by atoms with Crippen molar-refractivity contribution < 1.29 is 27.4 Å². The largest absolute Gasteiger partial charge is 0.494 e. The van der Waals surface area contributed by atoms with E-state index >= 15 is 0 Å². The second-order valence-electron chi connectivity index (χ2n) is 8.63. The van der Waals surface area contributed by atoms with Crippen LogP contribution in [0.5, 0.6) is 17.2 Å². The number of anilines is 2. The molecule has 0 atom stereocenters. The number of rotatable bonds is 12. The quantitative estimate of drug-likeness (QED) is 0.233. The zero-order valence-corrected chi connectivity index (χ0v) is 22.5. The van der Waals surface area contributed by atoms with Crippen molar-refractivity contribution in [2.45, 2.75) is 25.3 Å². The summed E-state index contributed by atoms with van der Waals surface area (Å²) in [5, 5.41) is 2.77. The van der Waals surface area contributed by atoms with Crippen LogP contribution in [0.2, 0.25) is 0 Å². The number of aryl methyl sites for hydroxylation is 1. The Bertz CT molecular complexity index is 1490. The van der Waals surface area contributed by atoms with Gasteiger partial charge in [0, 0.05) is 11.4 Å². The van der Waals surface area contributed by atoms with Crippen molar-refractivity contribution >= 4 is 27.3 Å². The number of sulfonamides is 1. The Labute approximate surface area is 228 Å². The zero-order valence-electron chi connectivity index (χ0n) is 21.7. The maximum atomic E-state index is 12.8. The summed E-state index contributed by atoms with van der Waals surface area (Å²) in [4.78, 5) is 12.5. The summed E-state index contributed by atoms with van der Waals surface area (Å²) in [5.41, 5.74) is 2.67. The van der Waals surface area contributed by atoms with Gasteiger partial charge in [-0.2, -0.15) is 0 Å². The van der Waals surface area contributed by atoms with E-state index in [2.05, 4.69) is 10.0 Å². The molecule has 0 aliphatic heterocycles. The first-order chi connectivity index (χ1) is 18.8. The zero-order chi connectivity index (χ0) is 27.7. The summed E-state index contributed by atoms with van der Waals surface area (Å²) >= 11 is 0. The van der Waals surface area contributed by atoms with Gasteiger partial charge in [-0.15, -0.1) is 0 Å². The maximum absolute atomic E-state index is 12.8. The molecule has 0 unspecified atom stereocenters. The van der Waals surface area contributed by atoms with Crippen LogP contribution in [0.15, 0.2) is 102 Å². The molecule has 0 saturated carbocycles. The third-order valence-electron chi connectivity index (χ3n) is 5.62. The van der Waals surface area contributed by atoms with Crippen LogP contribution < -0.4 is 24.2 Å². The van der Waals surface area contributed by atoms with E-state index < -0.39 is 10.0 Å². The van der Waals surface area contributed by atoms with Gasteiger partial charge in [-0.25, -0.2) is 8.42 Å². The fraction of sp³-hybridized carbons (Fsp3) is 0.167. The minimum atomic E-state index is -3.81. The predicted molar refractivity (Wildman–Crippen MR) is 151 cm³/mol. The molecule has 202 valence electrons. The van der Waals surface area contributed by atoms with Gasteiger partial charge in [0.25, 0.3) is 15.9 Å². The third kappa shape index (κ3) is 7.99. The normalized spacial score (nSPS) is 10.9. The van der Waals surface area contributed by atoms with Crippen LogP contribution in [-0.2, 0) is 21.4 Å². The molecule has 0 aliphatic rings. The summed E-state index contributed by atoms with van der Waals surface area (Å²) < 4.78 is 45.0. The summed E-state index contributed by atoms with van der Waals surface area (Å²) in [6.45, 7) is 4.35. The highest BCUT2D eigenvalue weighted by Gasteiger charge is 2.16. The number of ether oxygens (including phenoxy) is 3. The number of amides is 1. The van der Waals surface area contributed by atoms with Crippen molar-refractivity contribution in [3.05, 3.63) is 108 Å². The molecule has 8 nitrogen and oxygen atoms in total. The van der Waals surface area contributed by atoms with Crippen molar-refractivity contribution in [3.63, 3.8) is 0 Å². The van der Waals surface area contributed by atoms with Crippen molar-refractivity contribution in [1.29, 1.82) is 0 Å². The molecule has 0 fully saturated rings. The second kappa shape index (κ2) is 12.8. The maximum Gasteiger partial charge on any atom is 0.262 e. The molecule has 0 bridgehead atoms. The van der Waals surface area contributed by atoms with Gasteiger partial charge in [0.1, 0.15) is 23.9 Å². The molecular weight excluding hydrogens is 516 g/mol. The molecule has 2 N–H and O–H groups in total. The third-order valence-corrected chi connectivity index (χ3v) is 7.00. The first-order valence-corrected chi connectivity index (χ1v) is 13.9. The first kappa shape index (κ1) is 27.5. The average molecular weight is 547 g/mol. The Morgan fingerprint density at radius 1 is 0.769 bits per heavy atom. The van der Waals surface area contributed by atoms with E-state index in [-0.39, 0.29) is 17.4 Å². The molecule has 0 aliphatic carbocycles. The van der Waals surface area contributed by atoms with E-state index in [1.165, 1.54) is 18.2 Å². The fourth-order valence-corrected chi connectivity index (χ4v) is 4.81. The van der Waals surface area contributed by atoms with E-state index in [0.717, 1.165) is 5.56 Å². The lowest BCUT2D eigenvalue weighted by molar-refractivity contribution is -0.118. The molecule has 39 heavy (non-hydrogen) atoms. The molecule has 0 aromatic heterocycles. The van der Waals surface area contributed by atoms with Gasteiger partial charge in [0.15, 0.2) is 6.61 Å². The van der Waals surface area contributed by atoms with Gasteiger partial charge in [0.05, 0.1) is 11.5 Å². The van der Waals surface area contributed by atoms with Crippen LogP contribution in [0.1, 0.15) is 18.1 Å². The lowest BCUT2D eigenvalue weighted by Crippen LogP contribution is -2.20. The molecule has 0 spiro atoms. The minimum Gasteiger partial charge on any atom is -0.494 e. The lowest BCUT2D eigenvalue weighted by atomic mass is 10.2. The van der Waals surface area contributed by atoms with Crippen LogP contribution >= 0.6 is 0 Å². The van der Waals surface area contributed by atoms with E-state index in [1.54, 1.807) is 55.5 Å². The van der Waals surface area contributed by atoms with Crippen molar-refractivity contribution in [1.82, 2.24) is 0 Å². The van der Waals surface area contributed by atoms with Gasteiger partial charge in [-0.05, 0) is 91.7 Å². The molecule has 4 aromatic rings. The lowest BCUT2D eigenvalue weighted by Gasteiger charge is -2.13. The number of hydrogen-bond donors (Lipinski definition) is 2. The summed E-state index contributed by atoms with van der Waals surface area (Å²) in [7, 11) is -3.81. The number of benzene rings is 4. The van der Waals surface area contributed by atoms with Crippen LogP contribution in [0.25, 0.3) is 0 Å². The molecule has 0 saturated heterocycles. The van der Waals surface area contributed by atoms with Crippen LogP contribution in [0, 0.1) is 6.92 Å². The van der Waals surface area contributed by atoms with Gasteiger partial charge >= 0.3 is 0 Å². The fourth-order valence-electron chi connectivity index (χ4n) is 3.67. The van der Waals surface area contributed by atoms with Crippen molar-refractivity contribution in [3.8, 4) is 17.2 Å². The smallest absolute Gasteiger partial charge is 0.262 e. The Morgan fingerprint density at radius 2 is 1.41 bits per heavy atom. The Kier molecular flexibility index (Phi) is 9.06. The molecule has 0 radical (unpaired) electrons. The van der Waals surface area contributed by atoms with Crippen molar-refractivity contribution in [2.75, 3.05) is 23.3 Å². The van der Waals surface area contributed by atoms with Gasteiger partial charge in [-0.3, -0.25) is 9.52 Å². The SMILES string of the molecule is CCOc1ccc(NS(=O)(=O)c2ccc(OCC(=O)Nc3ccc(OCc4ccccc4)cc3)c(C)c2)cc1. The second-order valence-corrected chi connectivity index (χ2v) is 10.3. The molecule has 1 amide bonds. The van der Waals surface area contributed by atoms with Crippen LogP contribution in [0.3, 0.4) is 0 Å². The highest BCUT2D eigenvalue weighted by Crippen LogP contribution is 2.25. The number of nitrogens with one attached hydrogen (secondary N) is 2. The van der Waals surface area contributed by atoms with Crippen LogP contribution in [-0.4, -0.2) is 27.5 Å². The molecule has 4 aromatic carbocycles. The Morgan fingerprint density at radius 3 is 2.05 bits per heavy atom. The first-order valence-electron chi connectivity index (χ1n) is 12.4. The van der Waals surface area contributed by atoms with E-state index in [0.29, 0.717) is 47.4 Å². The van der Waals surface area contributed by atoms with Gasteiger partial charge < -0.3 is 19.5 Å². The summed E-state index contributed by atoms with van der Waals surface area (Å²) in [6.07, 6.45) is 0. The monoisotopic (exact) mass is 546 g/mol. The summed E-state index contributed by atoms with van der Waals surface area (Å²) in [5.74, 6) is 1.42. The Hall–Kier alpha value is -4.50. The summed E-state index contributed by atoms with van der Waals surface area (Å²) in [6, 6.07) is 28.0. The molecule has 9 heteroatoms.